The minimum absolute atomic E-state index is 0.0762. The highest BCUT2D eigenvalue weighted by molar-refractivity contribution is 7.74. The van der Waals surface area contributed by atoms with E-state index in [4.69, 9.17) is 4.55 Å². The Hall–Kier alpha value is -0.500. The summed E-state index contributed by atoms with van der Waals surface area (Å²) in [6.07, 6.45) is -0.826. The van der Waals surface area contributed by atoms with Gasteiger partial charge in [-0.05, 0) is 21.0 Å². The third-order valence-corrected chi connectivity index (χ3v) is 1.80. The van der Waals surface area contributed by atoms with Gasteiger partial charge in [0.25, 0.3) is 0 Å². The number of rotatable bonds is 6. The number of hydrogen-bond donors (Lipinski definition) is 1. The van der Waals surface area contributed by atoms with E-state index in [2.05, 4.69) is 8.92 Å². The first-order chi connectivity index (χ1) is 6.47. The van der Waals surface area contributed by atoms with Crippen LogP contribution in [-0.2, 0) is 25.1 Å². The van der Waals surface area contributed by atoms with Crippen molar-refractivity contribution in [2.24, 2.45) is 0 Å². The van der Waals surface area contributed by atoms with Crippen LogP contribution in [0.3, 0.4) is 0 Å². The summed E-state index contributed by atoms with van der Waals surface area (Å²) in [5.41, 5.74) is 0. The summed E-state index contributed by atoms with van der Waals surface area (Å²) in [7, 11) is 3.27. The third kappa shape index (κ3) is 6.03. The van der Waals surface area contributed by atoms with Crippen LogP contribution in [0.2, 0.25) is 0 Å². The first-order valence-corrected chi connectivity index (χ1v) is 5.10. The standard InChI is InChI=1S/C7H15NO5S/c1-4-12-7(9)5-6(8(2)3)13-14(10)11/h6H,4-5H2,1-3H3,(H,10,11). The Morgan fingerprint density at radius 2 is 2.14 bits per heavy atom. The average Bonchev–Trinajstić information content (AvgIpc) is 2.02. The maximum absolute atomic E-state index is 11.0. The van der Waals surface area contributed by atoms with E-state index < -0.39 is 23.6 Å². The molecule has 0 spiro atoms. The highest BCUT2D eigenvalue weighted by Crippen LogP contribution is 2.04. The lowest BCUT2D eigenvalue weighted by molar-refractivity contribution is -0.146. The summed E-state index contributed by atoms with van der Waals surface area (Å²) < 4.78 is 28.1. The number of nitrogens with zero attached hydrogens (tertiary/aromatic N) is 1. The molecule has 0 aromatic carbocycles. The summed E-state index contributed by atoms with van der Waals surface area (Å²) in [4.78, 5) is 12.5. The Kier molecular flexibility index (Phi) is 6.64. The maximum Gasteiger partial charge on any atom is 0.309 e. The monoisotopic (exact) mass is 225 g/mol. The largest absolute Gasteiger partial charge is 0.466 e. The smallest absolute Gasteiger partial charge is 0.309 e. The maximum atomic E-state index is 11.0. The Bertz CT molecular complexity index is 208. The Balaban J connectivity index is 4.09. The number of hydrogen-bond acceptors (Lipinski definition) is 5. The molecular weight excluding hydrogens is 210 g/mol. The molecule has 0 saturated carbocycles. The van der Waals surface area contributed by atoms with Gasteiger partial charge in [0, 0.05) is 0 Å². The van der Waals surface area contributed by atoms with Gasteiger partial charge >= 0.3 is 17.3 Å². The zero-order chi connectivity index (χ0) is 11.1. The molecule has 0 amide bonds. The van der Waals surface area contributed by atoms with Crippen LogP contribution in [0.5, 0.6) is 0 Å². The van der Waals surface area contributed by atoms with Gasteiger partial charge in [0.05, 0.1) is 13.0 Å². The topological polar surface area (TPSA) is 76.1 Å². The fourth-order valence-corrected chi connectivity index (χ4v) is 1.19. The molecule has 6 nitrogen and oxygen atoms in total. The predicted octanol–water partition coefficient (Wildman–Crippen LogP) is -0.0194. The van der Waals surface area contributed by atoms with Gasteiger partial charge in [-0.15, -0.1) is 0 Å². The van der Waals surface area contributed by atoms with Gasteiger partial charge in [-0.3, -0.25) is 14.2 Å². The van der Waals surface area contributed by atoms with Gasteiger partial charge in [-0.1, -0.05) is 0 Å². The molecule has 7 heteroatoms. The Labute approximate surface area is 85.7 Å². The van der Waals surface area contributed by atoms with Crippen LogP contribution in [0.25, 0.3) is 0 Å². The zero-order valence-corrected chi connectivity index (χ0v) is 9.24. The minimum atomic E-state index is -2.39. The third-order valence-electron chi connectivity index (χ3n) is 1.42. The Morgan fingerprint density at radius 1 is 1.57 bits per heavy atom. The van der Waals surface area contributed by atoms with E-state index in [0.717, 1.165) is 0 Å². The van der Waals surface area contributed by atoms with Crippen molar-refractivity contribution in [3.63, 3.8) is 0 Å². The fourth-order valence-electron chi connectivity index (χ4n) is 0.760. The summed E-state index contributed by atoms with van der Waals surface area (Å²) in [6, 6.07) is 0. The van der Waals surface area contributed by atoms with Crippen LogP contribution in [0.4, 0.5) is 0 Å². The van der Waals surface area contributed by atoms with Crippen LogP contribution >= 0.6 is 0 Å². The number of ether oxygens (including phenoxy) is 1. The van der Waals surface area contributed by atoms with E-state index in [0.29, 0.717) is 0 Å². The molecule has 0 heterocycles. The second-order valence-electron chi connectivity index (χ2n) is 2.74. The van der Waals surface area contributed by atoms with Gasteiger partial charge in [-0.25, -0.2) is 4.18 Å². The lowest BCUT2D eigenvalue weighted by Crippen LogP contribution is -2.34. The van der Waals surface area contributed by atoms with E-state index in [1.54, 1.807) is 21.0 Å². The highest BCUT2D eigenvalue weighted by atomic mass is 32.2. The van der Waals surface area contributed by atoms with Gasteiger partial charge in [0.1, 0.15) is 6.23 Å². The van der Waals surface area contributed by atoms with E-state index in [1.807, 2.05) is 0 Å². The molecule has 0 saturated heterocycles. The van der Waals surface area contributed by atoms with Crippen LogP contribution in [0, 0.1) is 0 Å². The van der Waals surface area contributed by atoms with Crippen molar-refractivity contribution in [1.82, 2.24) is 4.90 Å². The van der Waals surface area contributed by atoms with Gasteiger partial charge in [0.2, 0.25) is 0 Å². The molecule has 0 aromatic heterocycles. The van der Waals surface area contributed by atoms with Crippen LogP contribution in [-0.4, -0.2) is 46.6 Å². The van der Waals surface area contributed by atoms with Crippen LogP contribution in [0.1, 0.15) is 13.3 Å². The molecule has 0 bridgehead atoms. The van der Waals surface area contributed by atoms with Crippen molar-refractivity contribution < 1.29 is 22.5 Å². The van der Waals surface area contributed by atoms with Gasteiger partial charge < -0.3 is 4.74 Å². The number of esters is 1. The van der Waals surface area contributed by atoms with E-state index >= 15 is 0 Å². The van der Waals surface area contributed by atoms with Crippen LogP contribution in [0.15, 0.2) is 0 Å². The van der Waals surface area contributed by atoms with Crippen molar-refractivity contribution in [3.05, 3.63) is 0 Å². The molecular formula is C7H15NO5S. The lowest BCUT2D eigenvalue weighted by Gasteiger charge is -2.20. The normalized spacial score (nSPS) is 15.2. The molecule has 1 N–H and O–H groups in total. The van der Waals surface area contributed by atoms with Crippen molar-refractivity contribution >= 4 is 17.3 Å². The molecule has 0 aliphatic carbocycles. The van der Waals surface area contributed by atoms with Crippen molar-refractivity contribution in [2.45, 2.75) is 19.6 Å². The molecule has 2 unspecified atom stereocenters. The molecule has 0 aliphatic rings. The van der Waals surface area contributed by atoms with E-state index in [1.165, 1.54) is 4.90 Å². The lowest BCUT2D eigenvalue weighted by atomic mass is 10.3. The quantitative estimate of drug-likeness (QED) is 0.389. The molecule has 0 aromatic rings. The van der Waals surface area contributed by atoms with Crippen LogP contribution < -0.4 is 0 Å². The first kappa shape index (κ1) is 13.5. The molecule has 0 radical (unpaired) electrons. The van der Waals surface area contributed by atoms with E-state index in [9.17, 15) is 9.00 Å². The summed E-state index contributed by atoms with van der Waals surface area (Å²) in [5, 5.41) is 0. The van der Waals surface area contributed by atoms with Crippen molar-refractivity contribution in [3.8, 4) is 0 Å². The highest BCUT2D eigenvalue weighted by Gasteiger charge is 2.19. The second kappa shape index (κ2) is 6.88. The summed E-state index contributed by atoms with van der Waals surface area (Å²) >= 11 is -2.39. The minimum Gasteiger partial charge on any atom is -0.466 e. The molecule has 0 rings (SSSR count). The number of carbonyl (C=O) groups is 1. The zero-order valence-electron chi connectivity index (χ0n) is 8.43. The predicted molar refractivity (Wildman–Crippen MR) is 50.6 cm³/mol. The van der Waals surface area contributed by atoms with Crippen molar-refractivity contribution in [2.75, 3.05) is 20.7 Å². The molecule has 84 valence electrons. The molecule has 14 heavy (non-hydrogen) atoms. The molecule has 0 aliphatic heterocycles. The summed E-state index contributed by atoms with van der Waals surface area (Å²) in [5.74, 6) is -0.461. The average molecular weight is 225 g/mol. The van der Waals surface area contributed by atoms with Gasteiger partial charge in [-0.2, -0.15) is 4.21 Å². The Morgan fingerprint density at radius 3 is 2.50 bits per heavy atom. The second-order valence-corrected chi connectivity index (χ2v) is 3.37. The first-order valence-electron chi connectivity index (χ1n) is 4.07. The van der Waals surface area contributed by atoms with Crippen molar-refractivity contribution in [1.29, 1.82) is 0 Å². The molecule has 2 atom stereocenters. The summed E-state index contributed by atoms with van der Waals surface area (Å²) in [6.45, 7) is 1.97. The SMILES string of the molecule is CCOC(=O)CC(OS(=O)O)N(C)C. The fraction of sp³-hybridized carbons (Fsp3) is 0.857. The van der Waals surface area contributed by atoms with E-state index in [-0.39, 0.29) is 13.0 Å². The number of carbonyl (C=O) groups excluding carboxylic acids is 1. The van der Waals surface area contributed by atoms with Gasteiger partial charge in [0.15, 0.2) is 0 Å². The molecule has 0 fully saturated rings.